The van der Waals surface area contributed by atoms with Gasteiger partial charge in [-0.15, -0.1) is 0 Å². The molecule has 0 aromatic heterocycles. The van der Waals surface area contributed by atoms with Gasteiger partial charge in [0.05, 0.1) is 12.2 Å². The Labute approximate surface area is 183 Å². The molecule has 1 heterocycles. The van der Waals surface area contributed by atoms with Crippen molar-refractivity contribution in [2.45, 2.75) is 96.0 Å². The van der Waals surface area contributed by atoms with E-state index >= 15 is 4.39 Å². The molecule has 8 atom stereocenters. The van der Waals surface area contributed by atoms with E-state index in [1.54, 1.807) is 13.0 Å². The molecule has 0 bridgehead atoms. The summed E-state index contributed by atoms with van der Waals surface area (Å²) in [6, 6.07) is 0. The standard InChI is InChI=1S/C25H33FO5/c1-6-18(28)25-20(30-21(2,3)31-25)12-17-16-8-7-14-11-15(27)9-10-22(14,4)24(16,26)19(29)13-23(17,25)5/h9-11,16-17,19-20,29H,6-8,12-13H2,1-5H3/t16-,17?,19-,20?,22-,23-,24?,25+/m0/s1. The highest BCUT2D eigenvalue weighted by molar-refractivity contribution is 6.01. The number of alkyl halides is 1. The summed E-state index contributed by atoms with van der Waals surface area (Å²) in [6.45, 7) is 9.25. The molecule has 4 fully saturated rings. The van der Waals surface area contributed by atoms with Crippen molar-refractivity contribution in [3.8, 4) is 0 Å². The summed E-state index contributed by atoms with van der Waals surface area (Å²) in [4.78, 5) is 25.4. The van der Waals surface area contributed by atoms with Gasteiger partial charge in [-0.1, -0.05) is 25.5 Å². The molecule has 5 aliphatic rings. The minimum absolute atomic E-state index is 0.0302. The zero-order chi connectivity index (χ0) is 22.6. The second-order valence-electron chi connectivity index (χ2n) is 11.1. The van der Waals surface area contributed by atoms with E-state index in [0.717, 1.165) is 5.57 Å². The molecule has 31 heavy (non-hydrogen) atoms. The first-order chi connectivity index (χ1) is 14.4. The van der Waals surface area contributed by atoms with Crippen LogP contribution >= 0.6 is 0 Å². The van der Waals surface area contributed by atoms with Crippen LogP contribution in [0.4, 0.5) is 4.39 Å². The molecule has 4 aliphatic carbocycles. The van der Waals surface area contributed by atoms with Gasteiger partial charge in [-0.3, -0.25) is 9.59 Å². The van der Waals surface area contributed by atoms with Gasteiger partial charge in [0.1, 0.15) is 0 Å². The van der Waals surface area contributed by atoms with Crippen LogP contribution in [-0.4, -0.2) is 45.9 Å². The number of rotatable bonds is 2. The smallest absolute Gasteiger partial charge is 0.178 e. The van der Waals surface area contributed by atoms with Gasteiger partial charge in [0.2, 0.25) is 0 Å². The molecule has 0 aromatic rings. The maximum atomic E-state index is 17.2. The van der Waals surface area contributed by atoms with Crippen molar-refractivity contribution in [1.29, 1.82) is 0 Å². The van der Waals surface area contributed by atoms with Crippen LogP contribution in [0.5, 0.6) is 0 Å². The van der Waals surface area contributed by atoms with E-state index in [1.807, 2.05) is 27.7 Å². The Bertz CT molecular complexity index is 923. The lowest BCUT2D eigenvalue weighted by Crippen LogP contribution is -2.69. The number of carbonyl (C=O) groups excluding carboxylic acids is 2. The lowest BCUT2D eigenvalue weighted by atomic mass is 9.44. The fraction of sp³-hybridized carbons (Fsp3) is 0.760. The number of allylic oxidation sites excluding steroid dienone is 4. The predicted octanol–water partition coefficient (Wildman–Crippen LogP) is 3.84. The predicted molar refractivity (Wildman–Crippen MR) is 112 cm³/mol. The van der Waals surface area contributed by atoms with Crippen LogP contribution < -0.4 is 0 Å². The highest BCUT2D eigenvalue weighted by Crippen LogP contribution is 2.72. The van der Waals surface area contributed by atoms with Crippen LogP contribution in [0.25, 0.3) is 0 Å². The highest BCUT2D eigenvalue weighted by Gasteiger charge is 2.79. The van der Waals surface area contributed by atoms with Gasteiger partial charge in [-0.05, 0) is 64.5 Å². The maximum Gasteiger partial charge on any atom is 0.178 e. The molecule has 170 valence electrons. The third-order valence-electron chi connectivity index (χ3n) is 9.37. The van der Waals surface area contributed by atoms with Crippen molar-refractivity contribution < 1.29 is 28.6 Å². The molecule has 0 radical (unpaired) electrons. The van der Waals surface area contributed by atoms with Gasteiger partial charge < -0.3 is 14.6 Å². The van der Waals surface area contributed by atoms with E-state index in [1.165, 1.54) is 12.2 Å². The number of carbonyl (C=O) groups is 2. The van der Waals surface area contributed by atoms with Gasteiger partial charge in [0.15, 0.2) is 28.6 Å². The third-order valence-corrected chi connectivity index (χ3v) is 9.37. The van der Waals surface area contributed by atoms with Crippen LogP contribution in [0.15, 0.2) is 23.8 Å². The quantitative estimate of drug-likeness (QED) is 0.718. The zero-order valence-electron chi connectivity index (χ0n) is 19.0. The molecule has 5 rings (SSSR count). The molecule has 5 nitrogen and oxygen atoms in total. The van der Waals surface area contributed by atoms with E-state index in [0.29, 0.717) is 25.7 Å². The summed E-state index contributed by atoms with van der Waals surface area (Å²) in [5.41, 5.74) is -4.10. The number of Topliss-reactive ketones (excluding diaryl/α,β-unsaturated/α-hetero) is 1. The average molecular weight is 433 g/mol. The number of ketones is 2. The van der Waals surface area contributed by atoms with E-state index in [2.05, 4.69) is 0 Å². The monoisotopic (exact) mass is 432 g/mol. The van der Waals surface area contributed by atoms with Gasteiger partial charge in [0.25, 0.3) is 0 Å². The Morgan fingerprint density at radius 3 is 2.65 bits per heavy atom. The number of hydrogen-bond donors (Lipinski definition) is 1. The molecule has 3 saturated carbocycles. The van der Waals surface area contributed by atoms with E-state index in [-0.39, 0.29) is 23.9 Å². The molecule has 1 N–H and O–H groups in total. The van der Waals surface area contributed by atoms with Crippen molar-refractivity contribution in [3.63, 3.8) is 0 Å². The van der Waals surface area contributed by atoms with Crippen LogP contribution in [0.1, 0.15) is 66.7 Å². The van der Waals surface area contributed by atoms with Crippen LogP contribution in [0, 0.1) is 22.7 Å². The minimum Gasteiger partial charge on any atom is -0.390 e. The van der Waals surface area contributed by atoms with Gasteiger partial charge in [0, 0.05) is 23.2 Å². The Kier molecular flexibility index (Phi) is 4.26. The number of hydrogen-bond acceptors (Lipinski definition) is 5. The van der Waals surface area contributed by atoms with Crippen molar-refractivity contribution >= 4 is 11.6 Å². The van der Waals surface area contributed by atoms with E-state index in [4.69, 9.17) is 9.47 Å². The molecule has 3 unspecified atom stereocenters. The second kappa shape index (κ2) is 6.15. The SMILES string of the molecule is CCC(=O)[C@@]12OC(C)(C)OC1CC1[C@@H]3CCC4=CC(=O)C=C[C@]4(C)C3(F)[C@@H](O)C[C@@]12C. The van der Waals surface area contributed by atoms with Crippen molar-refractivity contribution in [3.05, 3.63) is 23.8 Å². The lowest BCUT2D eigenvalue weighted by molar-refractivity contribution is -0.245. The second-order valence-corrected chi connectivity index (χ2v) is 11.1. The van der Waals surface area contributed by atoms with E-state index in [9.17, 15) is 14.7 Å². The normalized spacial score (nSPS) is 52.1. The number of halogens is 1. The van der Waals surface area contributed by atoms with Crippen LogP contribution in [0.3, 0.4) is 0 Å². The number of aliphatic hydroxyl groups is 1. The first-order valence-electron chi connectivity index (χ1n) is 11.6. The molecule has 0 aromatic carbocycles. The Morgan fingerprint density at radius 1 is 1.26 bits per heavy atom. The first kappa shape index (κ1) is 21.5. The average Bonchev–Trinajstić information content (AvgIpc) is 3.09. The molecular weight excluding hydrogens is 399 g/mol. The summed E-state index contributed by atoms with van der Waals surface area (Å²) >= 11 is 0. The Morgan fingerprint density at radius 2 is 1.97 bits per heavy atom. The summed E-state index contributed by atoms with van der Waals surface area (Å²) in [7, 11) is 0. The fourth-order valence-electron chi connectivity index (χ4n) is 8.07. The first-order valence-corrected chi connectivity index (χ1v) is 11.6. The van der Waals surface area contributed by atoms with Crippen molar-refractivity contribution in [1.82, 2.24) is 0 Å². The number of aliphatic hydroxyl groups excluding tert-OH is 1. The topological polar surface area (TPSA) is 72.8 Å². The molecule has 1 saturated heterocycles. The molecule has 0 spiro atoms. The van der Waals surface area contributed by atoms with Gasteiger partial charge >= 0.3 is 0 Å². The summed E-state index contributed by atoms with van der Waals surface area (Å²) in [5.74, 6) is -1.68. The highest BCUT2D eigenvalue weighted by atomic mass is 19.1. The fourth-order valence-corrected chi connectivity index (χ4v) is 8.07. The Balaban J connectivity index is 1.64. The molecular formula is C25H33FO5. The lowest BCUT2D eigenvalue weighted by Gasteiger charge is -2.62. The largest absolute Gasteiger partial charge is 0.390 e. The van der Waals surface area contributed by atoms with Gasteiger partial charge in [-0.2, -0.15) is 0 Å². The van der Waals surface area contributed by atoms with Crippen LogP contribution in [0.2, 0.25) is 0 Å². The van der Waals surface area contributed by atoms with E-state index < -0.39 is 46.0 Å². The minimum atomic E-state index is -1.91. The molecule has 6 heteroatoms. The maximum absolute atomic E-state index is 17.2. The summed E-state index contributed by atoms with van der Waals surface area (Å²) in [5, 5.41) is 11.4. The molecule has 0 amide bonds. The van der Waals surface area contributed by atoms with Crippen molar-refractivity contribution in [2.75, 3.05) is 0 Å². The van der Waals surface area contributed by atoms with Crippen LogP contribution in [-0.2, 0) is 19.1 Å². The summed E-state index contributed by atoms with van der Waals surface area (Å²) in [6.07, 6.45) is 4.98. The number of fused-ring (bicyclic) bond motifs is 7. The van der Waals surface area contributed by atoms with Gasteiger partial charge in [-0.25, -0.2) is 4.39 Å². The third kappa shape index (κ3) is 2.32. The number of ether oxygens (including phenoxy) is 2. The summed E-state index contributed by atoms with van der Waals surface area (Å²) < 4.78 is 29.8. The molecule has 1 aliphatic heterocycles. The van der Waals surface area contributed by atoms with Crippen molar-refractivity contribution in [2.24, 2.45) is 22.7 Å². The Hall–Kier alpha value is -1.37. The zero-order valence-corrected chi connectivity index (χ0v) is 19.0.